The zero-order valence-electron chi connectivity index (χ0n) is 12.7. The van der Waals surface area contributed by atoms with Crippen LogP contribution in [0.2, 0.25) is 0 Å². The van der Waals surface area contributed by atoms with E-state index in [9.17, 15) is 4.79 Å². The summed E-state index contributed by atoms with van der Waals surface area (Å²) in [4.78, 5) is 12.4. The Hall–Kier alpha value is -2.13. The molecule has 0 aliphatic carbocycles. The molecule has 112 valence electrons. The molecule has 0 N–H and O–H groups in total. The van der Waals surface area contributed by atoms with Crippen LogP contribution in [0.25, 0.3) is 0 Å². The van der Waals surface area contributed by atoms with Crippen molar-refractivity contribution >= 4 is 5.97 Å². The van der Waals surface area contributed by atoms with E-state index in [1.807, 2.05) is 24.3 Å². The number of ether oxygens (including phenoxy) is 2. The van der Waals surface area contributed by atoms with Crippen molar-refractivity contribution in [3.63, 3.8) is 0 Å². The summed E-state index contributed by atoms with van der Waals surface area (Å²) in [5.41, 5.74) is 3.80. The summed E-state index contributed by atoms with van der Waals surface area (Å²) in [5, 5.41) is 0. The Labute approximate surface area is 129 Å². The molecule has 2 aromatic carbocycles. The first kappa shape index (κ1) is 13.5. The average molecular weight is 294 g/mol. The van der Waals surface area contributed by atoms with Gasteiger partial charge in [-0.05, 0) is 35.6 Å². The highest BCUT2D eigenvalue weighted by molar-refractivity contribution is 5.77. The van der Waals surface area contributed by atoms with E-state index in [2.05, 4.69) is 31.2 Å². The molecule has 2 aromatic rings. The van der Waals surface area contributed by atoms with Gasteiger partial charge in [-0.15, -0.1) is 0 Å². The van der Waals surface area contributed by atoms with E-state index < -0.39 is 5.60 Å². The van der Waals surface area contributed by atoms with Crippen molar-refractivity contribution in [3.8, 4) is 0 Å². The molecule has 4 rings (SSSR count). The van der Waals surface area contributed by atoms with E-state index in [0.717, 1.165) is 16.7 Å². The fourth-order valence-electron chi connectivity index (χ4n) is 4.08. The van der Waals surface area contributed by atoms with Gasteiger partial charge in [0.05, 0.1) is 19.1 Å². The summed E-state index contributed by atoms with van der Waals surface area (Å²) >= 11 is 0. The molecule has 0 spiro atoms. The van der Waals surface area contributed by atoms with E-state index in [-0.39, 0.29) is 18.0 Å². The second kappa shape index (κ2) is 4.68. The maximum Gasteiger partial charge on any atom is 0.312 e. The Kier molecular flexibility index (Phi) is 2.88. The van der Waals surface area contributed by atoms with Crippen LogP contribution in [0.4, 0.5) is 0 Å². The highest BCUT2D eigenvalue weighted by Gasteiger charge is 2.61. The zero-order valence-corrected chi connectivity index (χ0v) is 12.7. The summed E-state index contributed by atoms with van der Waals surface area (Å²) in [6, 6.07) is 16.4. The molecule has 2 heterocycles. The topological polar surface area (TPSA) is 35.5 Å². The lowest BCUT2D eigenvalue weighted by Gasteiger charge is -2.34. The quantitative estimate of drug-likeness (QED) is 0.795. The molecule has 22 heavy (non-hydrogen) atoms. The van der Waals surface area contributed by atoms with Gasteiger partial charge in [0, 0.05) is 0 Å². The molecule has 3 heteroatoms. The maximum absolute atomic E-state index is 12.4. The maximum atomic E-state index is 12.4. The van der Waals surface area contributed by atoms with Gasteiger partial charge in [0.2, 0.25) is 0 Å². The molecule has 1 fully saturated rings. The smallest absolute Gasteiger partial charge is 0.312 e. The summed E-state index contributed by atoms with van der Waals surface area (Å²) < 4.78 is 11.5. The highest BCUT2D eigenvalue weighted by Crippen LogP contribution is 2.61. The lowest BCUT2D eigenvalue weighted by Crippen LogP contribution is -2.39. The van der Waals surface area contributed by atoms with Gasteiger partial charge >= 0.3 is 5.97 Å². The van der Waals surface area contributed by atoms with Gasteiger partial charge in [0.1, 0.15) is 5.60 Å². The summed E-state index contributed by atoms with van der Waals surface area (Å²) in [5.74, 6) is -0.487. The summed E-state index contributed by atoms with van der Waals surface area (Å²) in [6.45, 7) is 2.07. The van der Waals surface area contributed by atoms with Gasteiger partial charge in [-0.2, -0.15) is 0 Å². The molecule has 0 aromatic heterocycles. The van der Waals surface area contributed by atoms with Crippen molar-refractivity contribution in [1.82, 2.24) is 0 Å². The van der Waals surface area contributed by atoms with E-state index in [0.29, 0.717) is 6.42 Å². The number of hydrogen-bond donors (Lipinski definition) is 0. The minimum absolute atomic E-state index is 0.0279. The SMILES string of the molecule is COC(=O)C1C[C@@H]2O[C@@]1(c1ccccc1C)c1ccccc12. The van der Waals surface area contributed by atoms with E-state index in [1.165, 1.54) is 12.7 Å². The van der Waals surface area contributed by atoms with Crippen molar-refractivity contribution in [2.75, 3.05) is 7.11 Å². The number of hydrogen-bond acceptors (Lipinski definition) is 3. The zero-order chi connectivity index (χ0) is 15.3. The molecule has 2 bridgehead atoms. The van der Waals surface area contributed by atoms with E-state index >= 15 is 0 Å². The number of carbonyl (C=O) groups excluding carboxylic acids is 1. The van der Waals surface area contributed by atoms with Crippen LogP contribution in [-0.4, -0.2) is 13.1 Å². The van der Waals surface area contributed by atoms with Gasteiger partial charge in [-0.25, -0.2) is 0 Å². The van der Waals surface area contributed by atoms with Gasteiger partial charge in [0.25, 0.3) is 0 Å². The minimum atomic E-state index is -0.709. The number of benzene rings is 2. The van der Waals surface area contributed by atoms with Gasteiger partial charge in [-0.1, -0.05) is 48.5 Å². The van der Waals surface area contributed by atoms with Gasteiger partial charge in [0.15, 0.2) is 0 Å². The minimum Gasteiger partial charge on any atom is -0.469 e. The third-order valence-electron chi connectivity index (χ3n) is 5.01. The summed E-state index contributed by atoms with van der Waals surface area (Å²) in [7, 11) is 1.45. The van der Waals surface area contributed by atoms with Crippen LogP contribution in [0, 0.1) is 12.8 Å². The first-order valence-electron chi connectivity index (χ1n) is 7.59. The van der Waals surface area contributed by atoms with Crippen LogP contribution in [0.5, 0.6) is 0 Å². The molecule has 1 unspecified atom stereocenters. The van der Waals surface area contributed by atoms with Crippen LogP contribution >= 0.6 is 0 Å². The monoisotopic (exact) mass is 294 g/mol. The molecular formula is C19H18O3. The Morgan fingerprint density at radius 2 is 1.82 bits per heavy atom. The highest BCUT2D eigenvalue weighted by atomic mass is 16.5. The largest absolute Gasteiger partial charge is 0.469 e. The normalized spacial score (nSPS) is 28.5. The number of methoxy groups -OCH3 is 1. The van der Waals surface area contributed by atoms with Crippen molar-refractivity contribution in [3.05, 3.63) is 70.8 Å². The Morgan fingerprint density at radius 3 is 2.55 bits per heavy atom. The van der Waals surface area contributed by atoms with Crippen LogP contribution in [0.3, 0.4) is 0 Å². The molecule has 3 atom stereocenters. The van der Waals surface area contributed by atoms with E-state index in [4.69, 9.17) is 9.47 Å². The fourth-order valence-corrected chi connectivity index (χ4v) is 4.08. The number of esters is 1. The molecule has 0 saturated carbocycles. The first-order valence-corrected chi connectivity index (χ1v) is 7.59. The number of fused-ring (bicyclic) bond motifs is 5. The lowest BCUT2D eigenvalue weighted by molar-refractivity contribution is -0.150. The molecule has 2 aliphatic rings. The Balaban J connectivity index is 1.99. The fraction of sp³-hybridized carbons (Fsp3) is 0.316. The van der Waals surface area contributed by atoms with Crippen LogP contribution in [0.15, 0.2) is 48.5 Å². The Bertz CT molecular complexity index is 752. The first-order chi connectivity index (χ1) is 10.7. The second-order valence-electron chi connectivity index (χ2n) is 6.06. The molecule has 0 amide bonds. The van der Waals surface area contributed by atoms with Crippen LogP contribution in [-0.2, 0) is 19.9 Å². The van der Waals surface area contributed by atoms with Crippen molar-refractivity contribution < 1.29 is 14.3 Å². The second-order valence-corrected chi connectivity index (χ2v) is 6.06. The molecular weight excluding hydrogens is 276 g/mol. The van der Waals surface area contributed by atoms with Crippen LogP contribution in [0.1, 0.15) is 34.8 Å². The van der Waals surface area contributed by atoms with Crippen LogP contribution < -0.4 is 0 Å². The number of rotatable bonds is 2. The standard InChI is InChI=1S/C19H18O3/c1-12-7-3-5-9-14(12)19-15-10-6-4-8-13(15)17(22-19)11-16(19)18(20)21-2/h3-10,16-17H,11H2,1-2H3/t16?,17-,19-/m0/s1. The predicted molar refractivity (Wildman–Crippen MR) is 82.4 cm³/mol. The van der Waals surface area contributed by atoms with Crippen molar-refractivity contribution in [2.24, 2.45) is 5.92 Å². The van der Waals surface area contributed by atoms with Gasteiger partial charge < -0.3 is 9.47 Å². The predicted octanol–water partition coefficient (Wildman–Crippen LogP) is 3.50. The van der Waals surface area contributed by atoms with Crippen molar-refractivity contribution in [2.45, 2.75) is 25.0 Å². The number of aryl methyl sites for hydroxylation is 1. The number of carbonyl (C=O) groups is 1. The van der Waals surface area contributed by atoms with E-state index in [1.54, 1.807) is 0 Å². The molecule has 3 nitrogen and oxygen atoms in total. The summed E-state index contributed by atoms with van der Waals surface area (Å²) in [6.07, 6.45) is 0.651. The third-order valence-corrected chi connectivity index (χ3v) is 5.01. The molecule has 1 saturated heterocycles. The molecule has 2 aliphatic heterocycles. The average Bonchev–Trinajstić information content (AvgIpc) is 3.10. The van der Waals surface area contributed by atoms with Gasteiger partial charge in [-0.3, -0.25) is 4.79 Å². The Morgan fingerprint density at radius 1 is 1.14 bits per heavy atom. The lowest BCUT2D eigenvalue weighted by atomic mass is 9.70. The molecule has 0 radical (unpaired) electrons. The van der Waals surface area contributed by atoms with Crippen molar-refractivity contribution in [1.29, 1.82) is 0 Å². The third kappa shape index (κ3) is 1.57.